The second-order valence-electron chi connectivity index (χ2n) is 14.6. The minimum absolute atomic E-state index is 0.0246. The zero-order valence-corrected chi connectivity index (χ0v) is 27.6. The fourth-order valence-electron chi connectivity index (χ4n) is 8.84. The van der Waals surface area contributed by atoms with Crippen molar-refractivity contribution in [2.45, 2.75) is 50.9 Å². The Labute approximate surface area is 278 Å². The van der Waals surface area contributed by atoms with Gasteiger partial charge in [-0.2, -0.15) is 0 Å². The Morgan fingerprint density at radius 2 is 1.13 bits per heavy atom. The van der Waals surface area contributed by atoms with Gasteiger partial charge in [-0.25, -0.2) is 0 Å². The van der Waals surface area contributed by atoms with Crippen LogP contribution in [0.1, 0.15) is 72.7 Å². The first-order valence-electron chi connectivity index (χ1n) is 17.0. The maximum absolute atomic E-state index is 2.52. The summed E-state index contributed by atoms with van der Waals surface area (Å²) in [5, 5.41) is 1.34. The van der Waals surface area contributed by atoms with E-state index in [0.29, 0.717) is 0 Å². The van der Waals surface area contributed by atoms with E-state index in [0.717, 1.165) is 6.42 Å². The lowest BCUT2D eigenvalue weighted by molar-refractivity contribution is 0.624. The number of benzene rings is 6. The van der Waals surface area contributed by atoms with Gasteiger partial charge >= 0.3 is 0 Å². The third-order valence-corrected chi connectivity index (χ3v) is 11.2. The molecule has 0 fully saturated rings. The van der Waals surface area contributed by atoms with Crippen molar-refractivity contribution in [2.24, 2.45) is 0 Å². The number of rotatable bonds is 5. The molecule has 9 rings (SSSR count). The highest BCUT2D eigenvalue weighted by atomic mass is 15.0. The molecule has 2 aliphatic rings. The van der Waals surface area contributed by atoms with Crippen molar-refractivity contribution in [2.75, 3.05) is 0 Å². The second kappa shape index (κ2) is 10.2. The molecule has 7 aromatic rings. The summed E-state index contributed by atoms with van der Waals surface area (Å²) in [7, 11) is 0. The molecule has 0 saturated carbocycles. The van der Waals surface area contributed by atoms with Crippen LogP contribution in [0.4, 0.5) is 0 Å². The molecule has 1 unspecified atom stereocenters. The van der Waals surface area contributed by atoms with E-state index in [1.54, 1.807) is 0 Å². The average Bonchev–Trinajstić information content (AvgIpc) is 3.66. The highest BCUT2D eigenvalue weighted by molar-refractivity contribution is 6.03. The quantitative estimate of drug-likeness (QED) is 0.184. The molecule has 1 nitrogen and oxygen atoms in total. The van der Waals surface area contributed by atoms with Crippen molar-refractivity contribution >= 4 is 10.9 Å². The highest BCUT2D eigenvalue weighted by Gasteiger charge is 2.41. The van der Waals surface area contributed by atoms with Gasteiger partial charge in [-0.05, 0) is 80.8 Å². The van der Waals surface area contributed by atoms with Gasteiger partial charge in [0.25, 0.3) is 0 Å². The molecule has 0 spiro atoms. The summed E-state index contributed by atoms with van der Waals surface area (Å²) in [6.45, 7) is 9.53. The normalized spacial score (nSPS) is 15.6. The van der Waals surface area contributed by atoms with Crippen LogP contribution in [-0.2, 0) is 17.3 Å². The number of para-hydroxylation sites is 1. The molecular weight excluding hydrogens is 567 g/mol. The lowest BCUT2D eigenvalue weighted by atomic mass is 9.79. The molecule has 0 radical (unpaired) electrons. The average molecular weight is 606 g/mol. The largest absolute Gasteiger partial charge is 0.312 e. The van der Waals surface area contributed by atoms with E-state index in [9.17, 15) is 0 Å². The van der Waals surface area contributed by atoms with Gasteiger partial charge in [0.1, 0.15) is 0 Å². The molecule has 228 valence electrons. The van der Waals surface area contributed by atoms with Crippen LogP contribution in [0.15, 0.2) is 146 Å². The van der Waals surface area contributed by atoms with Crippen LogP contribution in [0.2, 0.25) is 0 Å². The highest BCUT2D eigenvalue weighted by Crippen LogP contribution is 2.54. The molecule has 1 atom stereocenters. The first-order chi connectivity index (χ1) is 22.8. The van der Waals surface area contributed by atoms with Gasteiger partial charge in [0.05, 0.1) is 5.52 Å². The molecule has 0 saturated heterocycles. The molecule has 1 heteroatoms. The molecule has 1 heterocycles. The number of hydrogen-bond acceptors (Lipinski definition) is 0. The van der Waals surface area contributed by atoms with Gasteiger partial charge in [-0.3, -0.25) is 0 Å². The van der Waals surface area contributed by atoms with Crippen LogP contribution < -0.4 is 0 Å². The third kappa shape index (κ3) is 4.09. The Balaban J connectivity index is 1.21. The molecular formula is C46H39N. The zero-order chi connectivity index (χ0) is 31.9. The Kier molecular flexibility index (Phi) is 6.09. The second-order valence-corrected chi connectivity index (χ2v) is 14.6. The van der Waals surface area contributed by atoms with Crippen molar-refractivity contribution in [1.29, 1.82) is 0 Å². The lowest BCUT2D eigenvalue weighted by Crippen LogP contribution is -2.19. The molecule has 2 aliphatic carbocycles. The van der Waals surface area contributed by atoms with Gasteiger partial charge in [-0.15, -0.1) is 0 Å². The molecule has 47 heavy (non-hydrogen) atoms. The van der Waals surface area contributed by atoms with E-state index in [-0.39, 0.29) is 16.7 Å². The minimum atomic E-state index is -0.109. The predicted octanol–water partition coefficient (Wildman–Crippen LogP) is 11.6. The maximum atomic E-state index is 2.52. The summed E-state index contributed by atoms with van der Waals surface area (Å²) in [6.07, 6.45) is 0.933. The van der Waals surface area contributed by atoms with E-state index in [1.165, 1.54) is 77.9 Å². The summed E-state index contributed by atoms with van der Waals surface area (Å²) in [5.74, 6) is 0.242. The minimum Gasteiger partial charge on any atom is -0.312 e. The van der Waals surface area contributed by atoms with Gasteiger partial charge in [-0.1, -0.05) is 149 Å². The van der Waals surface area contributed by atoms with Gasteiger partial charge in [0, 0.05) is 39.1 Å². The Morgan fingerprint density at radius 1 is 0.511 bits per heavy atom. The predicted molar refractivity (Wildman–Crippen MR) is 197 cm³/mol. The standard InChI is InChI=1S/C46H39N/c1-45(2)39-21-13-11-19-34(39)35-25-24-32(29-41(35)45)37(31-15-7-5-8-16-31)27-30-23-26-42-38(28-30)43-36-20-12-14-22-40(36)46(3,4)44(43)47(42)33-17-9-6-10-18-33/h5-26,28-29,37H,27H2,1-4H3. The van der Waals surface area contributed by atoms with Crippen LogP contribution in [0.3, 0.4) is 0 Å². The number of fused-ring (bicyclic) bond motifs is 8. The summed E-state index contributed by atoms with van der Waals surface area (Å²) in [5.41, 5.74) is 17.6. The fraction of sp³-hybridized carbons (Fsp3) is 0.174. The van der Waals surface area contributed by atoms with Crippen molar-refractivity contribution in [3.8, 4) is 27.9 Å². The summed E-state index contributed by atoms with van der Waals surface area (Å²) >= 11 is 0. The number of hydrogen-bond donors (Lipinski definition) is 0. The third-order valence-electron chi connectivity index (χ3n) is 11.2. The summed E-state index contributed by atoms with van der Waals surface area (Å²) in [4.78, 5) is 0. The van der Waals surface area contributed by atoms with Crippen molar-refractivity contribution < 1.29 is 0 Å². The molecule has 0 N–H and O–H groups in total. The van der Waals surface area contributed by atoms with E-state index in [1.807, 2.05) is 0 Å². The first-order valence-corrected chi connectivity index (χ1v) is 17.0. The fourth-order valence-corrected chi connectivity index (χ4v) is 8.84. The molecule has 0 aliphatic heterocycles. The number of nitrogens with zero attached hydrogens (tertiary/aromatic N) is 1. The SMILES string of the molecule is CC1(C)c2ccccc2-c2ccc(C(Cc3ccc4c(c3)c3c(n4-c4ccccc4)C(C)(C)c4ccccc4-3)c3ccccc3)cc21. The van der Waals surface area contributed by atoms with E-state index < -0.39 is 0 Å². The lowest BCUT2D eigenvalue weighted by Gasteiger charge is -2.25. The van der Waals surface area contributed by atoms with Crippen molar-refractivity contribution in [1.82, 2.24) is 4.57 Å². The summed E-state index contributed by atoms with van der Waals surface area (Å²) < 4.78 is 2.52. The monoisotopic (exact) mass is 605 g/mol. The van der Waals surface area contributed by atoms with Crippen molar-refractivity contribution in [3.05, 3.63) is 185 Å². The molecule has 6 aromatic carbocycles. The van der Waals surface area contributed by atoms with E-state index >= 15 is 0 Å². The smallest absolute Gasteiger partial charge is 0.0538 e. The summed E-state index contributed by atoms with van der Waals surface area (Å²) in [6, 6.07) is 54.5. The Bertz CT molecular complexity index is 2320. The van der Waals surface area contributed by atoms with Gasteiger partial charge < -0.3 is 4.57 Å². The maximum Gasteiger partial charge on any atom is 0.0538 e. The molecule has 0 bridgehead atoms. The number of aromatic nitrogens is 1. The Morgan fingerprint density at radius 3 is 1.87 bits per heavy atom. The van der Waals surface area contributed by atoms with Crippen LogP contribution in [-0.4, -0.2) is 4.57 Å². The van der Waals surface area contributed by atoms with Crippen LogP contribution in [0.25, 0.3) is 38.8 Å². The molecule has 1 aromatic heterocycles. The van der Waals surface area contributed by atoms with Gasteiger partial charge in [0.15, 0.2) is 0 Å². The van der Waals surface area contributed by atoms with Crippen LogP contribution in [0.5, 0.6) is 0 Å². The molecule has 0 amide bonds. The first kappa shape index (κ1) is 28.1. The van der Waals surface area contributed by atoms with Gasteiger partial charge in [0.2, 0.25) is 0 Å². The van der Waals surface area contributed by atoms with E-state index in [4.69, 9.17) is 0 Å². The Hall–Kier alpha value is -5.14. The zero-order valence-electron chi connectivity index (χ0n) is 27.6. The van der Waals surface area contributed by atoms with Crippen LogP contribution >= 0.6 is 0 Å². The van der Waals surface area contributed by atoms with E-state index in [2.05, 4.69) is 178 Å². The topological polar surface area (TPSA) is 4.93 Å². The van der Waals surface area contributed by atoms with Crippen LogP contribution in [0, 0.1) is 0 Å². The van der Waals surface area contributed by atoms with Crippen molar-refractivity contribution in [3.63, 3.8) is 0 Å².